The van der Waals surface area contributed by atoms with Crippen LogP contribution in [-0.4, -0.2) is 58.9 Å². The number of aliphatic hydroxyl groups excluding tert-OH is 1. The van der Waals surface area contributed by atoms with E-state index in [0.29, 0.717) is 39.1 Å². The Labute approximate surface area is 183 Å². The van der Waals surface area contributed by atoms with Crippen molar-refractivity contribution in [1.29, 1.82) is 0 Å². The predicted octanol–water partition coefficient (Wildman–Crippen LogP) is 2.84. The molecule has 0 unspecified atom stereocenters. The number of aliphatic hydroxyl groups is 1. The van der Waals surface area contributed by atoms with Crippen LogP contribution in [0, 0.1) is 5.92 Å². The lowest BCUT2D eigenvalue weighted by Crippen LogP contribution is -2.44. The summed E-state index contributed by atoms with van der Waals surface area (Å²) in [5.74, 6) is -0.338. The lowest BCUT2D eigenvalue weighted by molar-refractivity contribution is -0.133. The van der Waals surface area contributed by atoms with Gasteiger partial charge in [-0.25, -0.2) is 0 Å². The second kappa shape index (κ2) is 8.75. The third-order valence-corrected chi connectivity index (χ3v) is 6.87. The van der Waals surface area contributed by atoms with Gasteiger partial charge in [0.25, 0.3) is 11.8 Å². The zero-order chi connectivity index (χ0) is 21.3. The van der Waals surface area contributed by atoms with Crippen LogP contribution in [0.1, 0.15) is 38.4 Å². The number of hydrogen-bond acceptors (Lipinski definition) is 5. The number of fused-ring (bicyclic) bond motifs is 1. The minimum absolute atomic E-state index is 0.00518. The first kappa shape index (κ1) is 20.8. The summed E-state index contributed by atoms with van der Waals surface area (Å²) < 4.78 is 0.529. The minimum Gasteiger partial charge on any atom is -0.396 e. The smallest absolute Gasteiger partial charge is 0.265 e. The van der Waals surface area contributed by atoms with E-state index < -0.39 is 0 Å². The Bertz CT molecular complexity index is 984. The number of anilines is 1. The van der Waals surface area contributed by atoms with Gasteiger partial charge in [-0.15, -0.1) is 11.3 Å². The van der Waals surface area contributed by atoms with Crippen molar-refractivity contribution in [3.63, 3.8) is 0 Å². The molecule has 158 valence electrons. The number of carbonyl (C=O) groups is 3. The highest BCUT2D eigenvalue weighted by Gasteiger charge is 2.33. The number of benzene rings is 1. The third-order valence-electron chi connectivity index (χ3n) is 5.64. The molecule has 0 atom stereocenters. The Morgan fingerprint density at radius 2 is 1.97 bits per heavy atom. The maximum atomic E-state index is 12.8. The van der Waals surface area contributed by atoms with E-state index in [2.05, 4.69) is 5.32 Å². The van der Waals surface area contributed by atoms with Crippen molar-refractivity contribution in [3.05, 3.63) is 50.7 Å². The summed E-state index contributed by atoms with van der Waals surface area (Å²) in [4.78, 5) is 41.8. The number of nitrogens with one attached hydrogen (secondary N) is 1. The number of amides is 3. The van der Waals surface area contributed by atoms with E-state index in [4.69, 9.17) is 11.6 Å². The van der Waals surface area contributed by atoms with Gasteiger partial charge in [0.05, 0.1) is 9.21 Å². The SMILES string of the molecule is O=C(Nc1cccc2c1CN(CC(=O)N1CCC(CO)CC1)C2=O)c1ccc(Cl)s1. The summed E-state index contributed by atoms with van der Waals surface area (Å²) in [7, 11) is 0. The molecule has 7 nitrogen and oxygen atoms in total. The van der Waals surface area contributed by atoms with Crippen molar-refractivity contribution in [2.24, 2.45) is 5.92 Å². The Morgan fingerprint density at radius 1 is 1.20 bits per heavy atom. The zero-order valence-corrected chi connectivity index (χ0v) is 17.8. The van der Waals surface area contributed by atoms with Crippen LogP contribution in [0.15, 0.2) is 30.3 Å². The molecule has 0 saturated carbocycles. The van der Waals surface area contributed by atoms with Crippen LogP contribution in [0.4, 0.5) is 5.69 Å². The molecular weight excluding hydrogens is 426 g/mol. The van der Waals surface area contributed by atoms with Crippen molar-refractivity contribution < 1.29 is 19.5 Å². The molecule has 0 spiro atoms. The van der Waals surface area contributed by atoms with E-state index in [1.54, 1.807) is 35.2 Å². The van der Waals surface area contributed by atoms with E-state index in [0.717, 1.165) is 12.8 Å². The second-order valence-electron chi connectivity index (χ2n) is 7.56. The molecule has 0 radical (unpaired) electrons. The van der Waals surface area contributed by atoms with Gasteiger partial charge in [-0.2, -0.15) is 0 Å². The number of rotatable bonds is 5. The maximum absolute atomic E-state index is 12.8. The summed E-state index contributed by atoms with van der Waals surface area (Å²) in [6, 6.07) is 8.51. The number of hydrogen-bond donors (Lipinski definition) is 2. The quantitative estimate of drug-likeness (QED) is 0.737. The van der Waals surface area contributed by atoms with Crippen molar-refractivity contribution >= 4 is 46.3 Å². The fraction of sp³-hybridized carbons (Fsp3) is 0.381. The van der Waals surface area contributed by atoms with Crippen LogP contribution in [0.2, 0.25) is 4.34 Å². The van der Waals surface area contributed by atoms with Crippen LogP contribution in [0.5, 0.6) is 0 Å². The molecule has 4 rings (SSSR count). The van der Waals surface area contributed by atoms with Gasteiger partial charge in [0.2, 0.25) is 5.91 Å². The Morgan fingerprint density at radius 3 is 2.63 bits per heavy atom. The molecule has 1 fully saturated rings. The monoisotopic (exact) mass is 447 g/mol. The summed E-state index contributed by atoms with van der Waals surface area (Å²) in [6.45, 7) is 1.63. The van der Waals surface area contributed by atoms with Crippen LogP contribution in [-0.2, 0) is 11.3 Å². The van der Waals surface area contributed by atoms with E-state index in [1.165, 1.54) is 16.2 Å². The van der Waals surface area contributed by atoms with E-state index in [9.17, 15) is 19.5 Å². The van der Waals surface area contributed by atoms with Crippen LogP contribution in [0.3, 0.4) is 0 Å². The Hall–Kier alpha value is -2.42. The van der Waals surface area contributed by atoms with E-state index >= 15 is 0 Å². The molecule has 0 bridgehead atoms. The summed E-state index contributed by atoms with van der Waals surface area (Å²) in [6.07, 6.45) is 1.55. The number of nitrogens with zero attached hydrogens (tertiary/aromatic N) is 2. The summed E-state index contributed by atoms with van der Waals surface area (Å²) >= 11 is 7.09. The van der Waals surface area contributed by atoms with Crippen molar-refractivity contribution in [1.82, 2.24) is 9.80 Å². The van der Waals surface area contributed by atoms with Gasteiger partial charge in [0.1, 0.15) is 6.54 Å². The number of likely N-dealkylation sites (tertiary alicyclic amines) is 1. The van der Waals surface area contributed by atoms with Crippen LogP contribution >= 0.6 is 22.9 Å². The molecule has 3 heterocycles. The number of halogens is 1. The fourth-order valence-electron chi connectivity index (χ4n) is 3.88. The maximum Gasteiger partial charge on any atom is 0.265 e. The van der Waals surface area contributed by atoms with E-state index in [1.807, 2.05) is 0 Å². The largest absolute Gasteiger partial charge is 0.396 e. The Balaban J connectivity index is 1.43. The first-order valence-electron chi connectivity index (χ1n) is 9.82. The average molecular weight is 448 g/mol. The molecular formula is C21H22ClN3O4S. The molecule has 2 aliphatic rings. The van der Waals surface area contributed by atoms with Gasteiger partial charge >= 0.3 is 0 Å². The second-order valence-corrected chi connectivity index (χ2v) is 9.27. The lowest BCUT2D eigenvalue weighted by atomic mass is 9.98. The first-order valence-corrected chi connectivity index (χ1v) is 11.0. The van der Waals surface area contributed by atoms with Crippen molar-refractivity contribution in [2.75, 3.05) is 31.6 Å². The average Bonchev–Trinajstić information content (AvgIpc) is 3.32. The molecule has 0 aliphatic carbocycles. The normalized spacial score (nSPS) is 16.7. The third kappa shape index (κ3) is 4.21. The van der Waals surface area contributed by atoms with Crippen LogP contribution in [0.25, 0.3) is 0 Å². The topological polar surface area (TPSA) is 90.0 Å². The van der Waals surface area contributed by atoms with Gasteiger partial charge in [0.15, 0.2) is 0 Å². The molecule has 1 aromatic heterocycles. The molecule has 30 heavy (non-hydrogen) atoms. The molecule has 2 aromatic rings. The first-order chi connectivity index (χ1) is 14.5. The standard InChI is InChI=1S/C21H22ClN3O4S/c22-18-5-4-17(30-18)20(28)23-16-3-1-2-14-15(16)10-25(21(14)29)11-19(27)24-8-6-13(12-26)7-9-24/h1-5,13,26H,6-12H2,(H,23,28). The highest BCUT2D eigenvalue weighted by atomic mass is 35.5. The van der Waals surface area contributed by atoms with Crippen molar-refractivity contribution in [2.45, 2.75) is 19.4 Å². The highest BCUT2D eigenvalue weighted by molar-refractivity contribution is 7.18. The lowest BCUT2D eigenvalue weighted by Gasteiger charge is -2.32. The van der Waals surface area contributed by atoms with Gasteiger partial charge in [-0.1, -0.05) is 17.7 Å². The zero-order valence-electron chi connectivity index (χ0n) is 16.3. The summed E-state index contributed by atoms with van der Waals surface area (Å²) in [5.41, 5.74) is 1.78. The van der Waals surface area contributed by atoms with Gasteiger partial charge in [-0.05, 0) is 43.0 Å². The predicted molar refractivity (Wildman–Crippen MR) is 115 cm³/mol. The highest BCUT2D eigenvalue weighted by Crippen LogP contribution is 2.31. The van der Waals surface area contributed by atoms with Crippen molar-refractivity contribution in [3.8, 4) is 0 Å². The summed E-state index contributed by atoms with van der Waals surface area (Å²) in [5, 5.41) is 12.1. The van der Waals surface area contributed by atoms with E-state index in [-0.39, 0.29) is 43.3 Å². The molecule has 1 saturated heterocycles. The Kier molecular flexibility index (Phi) is 6.08. The number of thiophene rings is 1. The van der Waals surface area contributed by atoms with Gasteiger partial charge < -0.3 is 20.2 Å². The minimum atomic E-state index is -0.283. The van der Waals surface area contributed by atoms with Gasteiger partial charge in [0, 0.05) is 43.1 Å². The molecule has 9 heteroatoms. The molecule has 3 amide bonds. The van der Waals surface area contributed by atoms with Crippen LogP contribution < -0.4 is 5.32 Å². The number of carbonyl (C=O) groups excluding carboxylic acids is 3. The number of piperidine rings is 1. The molecule has 1 aromatic carbocycles. The molecule has 2 N–H and O–H groups in total. The fourth-order valence-corrected chi connectivity index (χ4v) is 4.82. The molecule has 2 aliphatic heterocycles. The van der Waals surface area contributed by atoms with Gasteiger partial charge in [-0.3, -0.25) is 14.4 Å².